The first-order valence-electron chi connectivity index (χ1n) is 12.8. The zero-order valence-electron chi connectivity index (χ0n) is 22.7. The molecule has 0 saturated heterocycles. The molecule has 0 unspecified atom stereocenters. The number of nitrogens with zero attached hydrogens (tertiary/aromatic N) is 5. The smallest absolute Gasteiger partial charge is 0.260 e. The Balaban J connectivity index is 1.63. The number of methoxy groups -OCH3 is 2. The molecule has 0 N–H and O–H groups in total. The SMILES string of the molecule is CCOc1cccc2sc(N(CCn3cccn3)C(=O)c3ccc(S(=O)(=O)N(CCOC)CCOC)cc3)nc12. The molecule has 40 heavy (non-hydrogen) atoms. The highest BCUT2D eigenvalue weighted by atomic mass is 32.2. The second-order valence-electron chi connectivity index (χ2n) is 8.67. The van der Waals surface area contributed by atoms with Crippen LogP contribution >= 0.6 is 11.3 Å². The zero-order valence-corrected chi connectivity index (χ0v) is 24.4. The van der Waals surface area contributed by atoms with Crippen molar-refractivity contribution in [2.45, 2.75) is 18.4 Å². The first kappa shape index (κ1) is 29.6. The summed E-state index contributed by atoms with van der Waals surface area (Å²) in [6.07, 6.45) is 3.51. The molecule has 2 aromatic heterocycles. The molecule has 2 heterocycles. The largest absolute Gasteiger partial charge is 0.492 e. The quantitative estimate of drug-likeness (QED) is 0.208. The lowest BCUT2D eigenvalue weighted by Gasteiger charge is -2.22. The highest BCUT2D eigenvalue weighted by Gasteiger charge is 2.26. The van der Waals surface area contributed by atoms with Gasteiger partial charge in [0.1, 0.15) is 11.3 Å². The van der Waals surface area contributed by atoms with E-state index in [9.17, 15) is 13.2 Å². The van der Waals surface area contributed by atoms with Crippen LogP contribution in [0.4, 0.5) is 5.13 Å². The Bertz CT molecular complexity index is 1480. The number of benzene rings is 2. The van der Waals surface area contributed by atoms with E-state index in [1.165, 1.54) is 54.1 Å². The van der Waals surface area contributed by atoms with Gasteiger partial charge in [0.25, 0.3) is 5.91 Å². The van der Waals surface area contributed by atoms with Crippen molar-refractivity contribution < 1.29 is 27.4 Å². The van der Waals surface area contributed by atoms with Gasteiger partial charge in [-0.3, -0.25) is 14.4 Å². The monoisotopic (exact) mass is 587 g/mol. The Morgan fingerprint density at radius 3 is 2.35 bits per heavy atom. The van der Waals surface area contributed by atoms with Crippen LogP contribution in [0.2, 0.25) is 0 Å². The lowest BCUT2D eigenvalue weighted by Crippen LogP contribution is -2.36. The fourth-order valence-corrected chi connectivity index (χ4v) is 6.45. The van der Waals surface area contributed by atoms with Crippen molar-refractivity contribution in [2.75, 3.05) is 58.6 Å². The molecule has 0 fully saturated rings. The van der Waals surface area contributed by atoms with Crippen LogP contribution in [-0.4, -0.2) is 87.1 Å². The van der Waals surface area contributed by atoms with E-state index in [2.05, 4.69) is 5.10 Å². The lowest BCUT2D eigenvalue weighted by molar-refractivity contribution is 0.0985. The molecule has 0 radical (unpaired) electrons. The number of ether oxygens (including phenoxy) is 3. The molecule has 1 amide bonds. The van der Waals surface area contributed by atoms with E-state index in [0.29, 0.717) is 41.7 Å². The van der Waals surface area contributed by atoms with Crippen LogP contribution in [0.5, 0.6) is 5.75 Å². The Hall–Kier alpha value is -3.36. The van der Waals surface area contributed by atoms with Gasteiger partial charge in [0.15, 0.2) is 5.13 Å². The third kappa shape index (κ3) is 6.85. The number of thiazole rings is 1. The number of anilines is 1. The van der Waals surface area contributed by atoms with Gasteiger partial charge in [-0.25, -0.2) is 13.4 Å². The maximum absolute atomic E-state index is 13.8. The Labute approximate surface area is 237 Å². The summed E-state index contributed by atoms with van der Waals surface area (Å²) < 4.78 is 46.4. The van der Waals surface area contributed by atoms with E-state index >= 15 is 0 Å². The average Bonchev–Trinajstić information content (AvgIpc) is 3.64. The van der Waals surface area contributed by atoms with E-state index in [-0.39, 0.29) is 37.1 Å². The van der Waals surface area contributed by atoms with Gasteiger partial charge in [-0.2, -0.15) is 9.40 Å². The molecule has 13 heteroatoms. The molecule has 0 atom stereocenters. The van der Waals surface area contributed by atoms with E-state index < -0.39 is 10.0 Å². The van der Waals surface area contributed by atoms with Crippen LogP contribution in [0, 0.1) is 0 Å². The van der Waals surface area contributed by atoms with Crippen LogP contribution in [0.3, 0.4) is 0 Å². The Kier molecular flexibility index (Phi) is 10.2. The second kappa shape index (κ2) is 13.8. The van der Waals surface area contributed by atoms with Crippen molar-refractivity contribution in [1.82, 2.24) is 19.1 Å². The van der Waals surface area contributed by atoms with Crippen molar-refractivity contribution in [1.29, 1.82) is 0 Å². The number of fused-ring (bicyclic) bond motifs is 1. The average molecular weight is 588 g/mol. The third-order valence-electron chi connectivity index (χ3n) is 6.09. The fourth-order valence-electron chi connectivity index (χ4n) is 4.03. The number of para-hydroxylation sites is 1. The van der Waals surface area contributed by atoms with Crippen molar-refractivity contribution in [3.63, 3.8) is 0 Å². The van der Waals surface area contributed by atoms with Crippen molar-refractivity contribution in [3.05, 3.63) is 66.5 Å². The molecular formula is C27H33N5O6S2. The molecule has 11 nitrogen and oxygen atoms in total. The normalized spacial score (nSPS) is 11.8. The predicted molar refractivity (Wildman–Crippen MR) is 154 cm³/mol. The minimum Gasteiger partial charge on any atom is -0.492 e. The number of amides is 1. The standard InChI is InChI=1S/C27H33N5O6S2/c1-4-38-23-7-5-8-24-25(23)29-27(39-24)32(16-15-30-14-6-13-28-30)26(33)21-9-11-22(12-10-21)40(34,35)31(17-19-36-2)18-20-37-3/h5-14H,4,15-20H2,1-3H3. The Morgan fingerprint density at radius 1 is 1.00 bits per heavy atom. The first-order valence-corrected chi connectivity index (χ1v) is 15.0. The van der Waals surface area contributed by atoms with E-state index in [1.807, 2.05) is 37.4 Å². The second-order valence-corrected chi connectivity index (χ2v) is 11.6. The number of aromatic nitrogens is 3. The summed E-state index contributed by atoms with van der Waals surface area (Å²) in [6.45, 7) is 4.04. The van der Waals surface area contributed by atoms with Gasteiger partial charge in [0.05, 0.1) is 36.0 Å². The molecule has 4 rings (SSSR count). The summed E-state index contributed by atoms with van der Waals surface area (Å²) in [6, 6.07) is 13.5. The summed E-state index contributed by atoms with van der Waals surface area (Å²) in [5.41, 5.74) is 1.03. The topological polar surface area (TPSA) is 116 Å². The summed E-state index contributed by atoms with van der Waals surface area (Å²) in [5, 5.41) is 4.76. The van der Waals surface area contributed by atoms with E-state index in [4.69, 9.17) is 19.2 Å². The molecule has 0 aliphatic heterocycles. The van der Waals surface area contributed by atoms with Crippen LogP contribution in [-0.2, 0) is 26.0 Å². The molecule has 0 aliphatic rings. The van der Waals surface area contributed by atoms with Gasteiger partial charge in [0, 0.05) is 51.8 Å². The van der Waals surface area contributed by atoms with Crippen LogP contribution in [0.15, 0.2) is 65.8 Å². The van der Waals surface area contributed by atoms with Crippen molar-refractivity contribution >= 4 is 42.6 Å². The van der Waals surface area contributed by atoms with Gasteiger partial charge in [-0.1, -0.05) is 17.4 Å². The number of sulfonamides is 1. The van der Waals surface area contributed by atoms with Gasteiger partial charge in [-0.15, -0.1) is 0 Å². The third-order valence-corrected chi connectivity index (χ3v) is 9.04. The Morgan fingerprint density at radius 2 is 1.73 bits per heavy atom. The summed E-state index contributed by atoms with van der Waals surface area (Å²) >= 11 is 1.39. The number of carbonyl (C=O) groups is 1. The summed E-state index contributed by atoms with van der Waals surface area (Å²) in [4.78, 5) is 20.2. The molecular weight excluding hydrogens is 554 g/mol. The lowest BCUT2D eigenvalue weighted by atomic mass is 10.2. The molecule has 0 bridgehead atoms. The maximum atomic E-state index is 13.8. The number of carbonyl (C=O) groups excluding carboxylic acids is 1. The molecule has 0 saturated carbocycles. The van der Waals surface area contributed by atoms with E-state index in [0.717, 1.165) is 4.70 Å². The maximum Gasteiger partial charge on any atom is 0.260 e. The minimum absolute atomic E-state index is 0.0840. The first-order chi connectivity index (χ1) is 19.4. The van der Waals surface area contributed by atoms with Crippen molar-refractivity contribution in [3.8, 4) is 5.75 Å². The van der Waals surface area contributed by atoms with Crippen molar-refractivity contribution in [2.24, 2.45) is 0 Å². The molecule has 0 spiro atoms. The molecule has 2 aromatic carbocycles. The van der Waals surface area contributed by atoms with E-state index in [1.54, 1.807) is 15.8 Å². The highest BCUT2D eigenvalue weighted by molar-refractivity contribution is 7.89. The number of hydrogen-bond donors (Lipinski definition) is 0. The number of hydrogen-bond acceptors (Lipinski definition) is 9. The van der Waals surface area contributed by atoms with Gasteiger partial charge < -0.3 is 14.2 Å². The molecule has 4 aromatic rings. The predicted octanol–water partition coefficient (Wildman–Crippen LogP) is 3.52. The summed E-state index contributed by atoms with van der Waals surface area (Å²) in [7, 11) is -0.782. The summed E-state index contributed by atoms with van der Waals surface area (Å²) in [5.74, 6) is 0.353. The highest BCUT2D eigenvalue weighted by Crippen LogP contribution is 2.35. The van der Waals surface area contributed by atoms with Crippen LogP contribution in [0.25, 0.3) is 10.2 Å². The van der Waals surface area contributed by atoms with Gasteiger partial charge in [-0.05, 0) is 49.4 Å². The van der Waals surface area contributed by atoms with Gasteiger partial charge in [0.2, 0.25) is 10.0 Å². The van der Waals surface area contributed by atoms with Gasteiger partial charge >= 0.3 is 0 Å². The van der Waals surface area contributed by atoms with Crippen LogP contribution in [0.1, 0.15) is 17.3 Å². The number of rotatable bonds is 15. The molecule has 0 aliphatic carbocycles. The zero-order chi connectivity index (χ0) is 28.5. The minimum atomic E-state index is -3.82. The van der Waals surface area contributed by atoms with Crippen LogP contribution < -0.4 is 9.64 Å². The fraction of sp³-hybridized carbons (Fsp3) is 0.370. The molecule has 214 valence electrons.